The van der Waals surface area contributed by atoms with Crippen LogP contribution in [0.15, 0.2) is 49.1 Å². The summed E-state index contributed by atoms with van der Waals surface area (Å²) in [7, 11) is 3.80. The van der Waals surface area contributed by atoms with Crippen LogP contribution in [0.3, 0.4) is 0 Å². The first-order chi connectivity index (χ1) is 14.9. The van der Waals surface area contributed by atoms with E-state index < -0.39 is 0 Å². The second kappa shape index (κ2) is 8.39. The number of rotatable bonds is 6. The average molecular weight is 422 g/mol. The monoisotopic (exact) mass is 421 g/mol. The molecule has 0 aromatic heterocycles. The van der Waals surface area contributed by atoms with Crippen molar-refractivity contribution in [3.05, 3.63) is 71.3 Å². The molecule has 1 unspecified atom stereocenters. The van der Waals surface area contributed by atoms with Gasteiger partial charge in [-0.15, -0.1) is 6.58 Å². The number of carbonyl (C=O) groups excluding carboxylic acids is 1. The minimum atomic E-state index is -0.339. The molecule has 0 aliphatic carbocycles. The van der Waals surface area contributed by atoms with Crippen molar-refractivity contribution in [1.82, 2.24) is 4.90 Å². The molecule has 5 heteroatoms. The fourth-order valence-electron chi connectivity index (χ4n) is 4.93. The first-order valence-electron chi connectivity index (χ1n) is 10.8. The molecule has 0 saturated carbocycles. The SMILES string of the molecule is C=C[C@@]12CCN(C)Cc3ccc(OC)c(c31)OC2C[C@H](C)OC(=O)c1cccc(C)c1. The Kier molecular flexibility index (Phi) is 5.80. The number of hydrogen-bond donors (Lipinski definition) is 0. The van der Waals surface area contributed by atoms with E-state index in [1.165, 1.54) is 11.1 Å². The number of ether oxygens (including phenoxy) is 3. The molecule has 0 amide bonds. The van der Waals surface area contributed by atoms with Gasteiger partial charge >= 0.3 is 5.97 Å². The molecule has 2 heterocycles. The van der Waals surface area contributed by atoms with Crippen LogP contribution in [0.4, 0.5) is 0 Å². The second-order valence-electron chi connectivity index (χ2n) is 8.79. The van der Waals surface area contributed by atoms with Crippen molar-refractivity contribution in [2.75, 3.05) is 20.7 Å². The number of methoxy groups -OCH3 is 1. The first-order valence-corrected chi connectivity index (χ1v) is 10.8. The molecule has 31 heavy (non-hydrogen) atoms. The normalized spacial score (nSPS) is 23.3. The van der Waals surface area contributed by atoms with Crippen molar-refractivity contribution in [2.24, 2.45) is 0 Å². The van der Waals surface area contributed by atoms with Crippen LogP contribution in [0.25, 0.3) is 0 Å². The third kappa shape index (κ3) is 3.83. The van der Waals surface area contributed by atoms with Gasteiger partial charge in [0, 0.05) is 18.5 Å². The van der Waals surface area contributed by atoms with E-state index in [-0.39, 0.29) is 23.6 Å². The van der Waals surface area contributed by atoms with E-state index in [0.717, 1.165) is 36.6 Å². The van der Waals surface area contributed by atoms with Gasteiger partial charge in [0.05, 0.1) is 18.1 Å². The fraction of sp³-hybridized carbons (Fsp3) is 0.423. The Hall–Kier alpha value is -2.79. The van der Waals surface area contributed by atoms with Crippen molar-refractivity contribution in [2.45, 2.75) is 50.9 Å². The Morgan fingerprint density at radius 2 is 2.19 bits per heavy atom. The molecule has 0 radical (unpaired) electrons. The van der Waals surface area contributed by atoms with Crippen molar-refractivity contribution < 1.29 is 19.0 Å². The zero-order valence-electron chi connectivity index (χ0n) is 18.8. The lowest BCUT2D eigenvalue weighted by atomic mass is 9.72. The van der Waals surface area contributed by atoms with Crippen molar-refractivity contribution in [3.8, 4) is 11.5 Å². The number of carbonyl (C=O) groups is 1. The molecular weight excluding hydrogens is 390 g/mol. The molecule has 2 aliphatic rings. The highest BCUT2D eigenvalue weighted by atomic mass is 16.6. The minimum Gasteiger partial charge on any atom is -0.493 e. The highest BCUT2D eigenvalue weighted by Gasteiger charge is 2.51. The summed E-state index contributed by atoms with van der Waals surface area (Å²) in [4.78, 5) is 15.0. The topological polar surface area (TPSA) is 48.0 Å². The third-order valence-corrected chi connectivity index (χ3v) is 6.55. The lowest BCUT2D eigenvalue weighted by molar-refractivity contribution is 0.0186. The van der Waals surface area contributed by atoms with Crippen molar-refractivity contribution in [3.63, 3.8) is 0 Å². The summed E-state index contributed by atoms with van der Waals surface area (Å²) < 4.78 is 17.9. The van der Waals surface area contributed by atoms with E-state index in [1.807, 2.05) is 44.2 Å². The molecule has 0 bridgehead atoms. The Balaban J connectivity index is 1.61. The molecule has 2 aromatic carbocycles. The number of nitrogens with zero attached hydrogens (tertiary/aromatic N) is 1. The summed E-state index contributed by atoms with van der Waals surface area (Å²) in [6, 6.07) is 11.6. The van der Waals surface area contributed by atoms with E-state index in [9.17, 15) is 4.79 Å². The quantitative estimate of drug-likeness (QED) is 0.502. The Bertz CT molecular complexity index is 1000. The smallest absolute Gasteiger partial charge is 0.338 e. The van der Waals surface area contributed by atoms with Crippen LogP contribution in [0.5, 0.6) is 11.5 Å². The zero-order chi connectivity index (χ0) is 22.2. The molecule has 3 atom stereocenters. The molecule has 0 saturated heterocycles. The summed E-state index contributed by atoms with van der Waals surface area (Å²) in [5, 5.41) is 0. The maximum atomic E-state index is 12.7. The molecule has 5 nitrogen and oxygen atoms in total. The van der Waals surface area contributed by atoms with E-state index in [1.54, 1.807) is 13.2 Å². The highest BCUT2D eigenvalue weighted by Crippen LogP contribution is 2.54. The highest BCUT2D eigenvalue weighted by molar-refractivity contribution is 5.89. The van der Waals surface area contributed by atoms with Gasteiger partial charge in [-0.2, -0.15) is 0 Å². The van der Waals surface area contributed by atoms with E-state index in [0.29, 0.717) is 12.0 Å². The lowest BCUT2D eigenvalue weighted by Gasteiger charge is -2.32. The average Bonchev–Trinajstić information content (AvgIpc) is 2.97. The van der Waals surface area contributed by atoms with Gasteiger partial charge in [0.2, 0.25) is 0 Å². The maximum absolute atomic E-state index is 12.7. The molecule has 0 fully saturated rings. The molecule has 0 N–H and O–H groups in total. The van der Waals surface area contributed by atoms with Gasteiger partial charge in [-0.25, -0.2) is 4.79 Å². The number of hydrogen-bond acceptors (Lipinski definition) is 5. The molecular formula is C26H31NO4. The first kappa shape index (κ1) is 21.4. The van der Waals surface area contributed by atoms with Crippen LogP contribution >= 0.6 is 0 Å². The predicted molar refractivity (Wildman–Crippen MR) is 121 cm³/mol. The number of esters is 1. The minimum absolute atomic E-state index is 0.179. The second-order valence-corrected chi connectivity index (χ2v) is 8.79. The maximum Gasteiger partial charge on any atom is 0.338 e. The van der Waals surface area contributed by atoms with Gasteiger partial charge in [-0.1, -0.05) is 29.8 Å². The van der Waals surface area contributed by atoms with E-state index in [2.05, 4.69) is 24.6 Å². The summed E-state index contributed by atoms with van der Waals surface area (Å²) >= 11 is 0. The molecule has 0 spiro atoms. The standard InChI is InChI=1S/C26H31NO4/c1-6-26-12-13-27(4)16-20-10-11-21(29-5)24(23(20)26)31-22(26)15-18(3)30-25(28)19-9-7-8-17(2)14-19/h6-11,14,18,22H,1,12-13,15-16H2,2-5H3/t18-,22?,26-/m0/s1. The van der Waals surface area contributed by atoms with Gasteiger partial charge in [0.1, 0.15) is 12.2 Å². The molecule has 4 rings (SSSR count). The summed E-state index contributed by atoms with van der Waals surface area (Å²) in [5.74, 6) is 1.23. The zero-order valence-corrected chi connectivity index (χ0v) is 18.8. The molecule has 164 valence electrons. The van der Waals surface area contributed by atoms with E-state index >= 15 is 0 Å². The third-order valence-electron chi connectivity index (χ3n) is 6.55. The predicted octanol–water partition coefficient (Wildman–Crippen LogP) is 4.66. The van der Waals surface area contributed by atoms with Crippen molar-refractivity contribution >= 4 is 5.97 Å². The summed E-state index contributed by atoms with van der Waals surface area (Å²) in [6.45, 7) is 9.89. The van der Waals surface area contributed by atoms with Crippen LogP contribution in [-0.2, 0) is 16.7 Å². The van der Waals surface area contributed by atoms with Crippen LogP contribution in [0.2, 0.25) is 0 Å². The van der Waals surface area contributed by atoms with Crippen LogP contribution < -0.4 is 9.47 Å². The fourth-order valence-corrected chi connectivity index (χ4v) is 4.93. The Morgan fingerprint density at radius 1 is 1.39 bits per heavy atom. The Labute approximate surface area is 184 Å². The summed E-state index contributed by atoms with van der Waals surface area (Å²) in [6.07, 6.45) is 3.01. The van der Waals surface area contributed by atoms with Crippen molar-refractivity contribution in [1.29, 1.82) is 0 Å². The van der Waals surface area contributed by atoms with Crippen LogP contribution in [0.1, 0.15) is 46.8 Å². The largest absolute Gasteiger partial charge is 0.493 e. The number of aryl methyl sites for hydroxylation is 1. The van der Waals surface area contributed by atoms with Crippen LogP contribution in [0, 0.1) is 6.92 Å². The van der Waals surface area contributed by atoms with Crippen LogP contribution in [-0.4, -0.2) is 43.8 Å². The van der Waals surface area contributed by atoms with Gasteiger partial charge in [0.15, 0.2) is 11.5 Å². The van der Waals surface area contributed by atoms with Gasteiger partial charge in [0.25, 0.3) is 0 Å². The lowest BCUT2D eigenvalue weighted by Crippen LogP contribution is -2.40. The van der Waals surface area contributed by atoms with Gasteiger partial charge < -0.3 is 19.1 Å². The molecule has 2 aliphatic heterocycles. The Morgan fingerprint density at radius 3 is 2.90 bits per heavy atom. The molecule has 2 aromatic rings. The number of benzene rings is 2. The summed E-state index contributed by atoms with van der Waals surface area (Å²) in [5.41, 5.74) is 3.68. The van der Waals surface area contributed by atoms with Gasteiger partial charge in [-0.05, 0) is 57.6 Å². The van der Waals surface area contributed by atoms with E-state index in [4.69, 9.17) is 14.2 Å². The van der Waals surface area contributed by atoms with Gasteiger partial charge in [-0.3, -0.25) is 0 Å².